The first-order chi connectivity index (χ1) is 19.9. The fourth-order valence-electron chi connectivity index (χ4n) is 5.48. The van der Waals surface area contributed by atoms with E-state index in [0.717, 1.165) is 60.5 Å². The fourth-order valence-corrected chi connectivity index (χ4v) is 7.62. The lowest BCUT2D eigenvalue weighted by Gasteiger charge is -2.35. The van der Waals surface area contributed by atoms with E-state index in [-0.39, 0.29) is 11.6 Å². The Hall–Kier alpha value is -3.00. The third-order valence-corrected chi connectivity index (χ3v) is 9.96. The lowest BCUT2D eigenvalue weighted by molar-refractivity contribution is -0.0505. The molecule has 216 valence electrons. The molecule has 0 radical (unpaired) electrons. The van der Waals surface area contributed by atoms with Crippen LogP contribution in [-0.4, -0.2) is 92.5 Å². The standard InChI is InChI=1S/C29H35N7O3S2/c1-19-5-4-9-36(19)18-24-27(23-15-20-6-2-3-7-22(20)40-23)32-29(41-24)33-28(39)21-16-31-25(17-30-21)35-13-11-34(12-14-35)10-8-26(37)38/h2-3,6-7,15-17,19,26,37-38H,4-5,8-14,18H2,1H3,(H,32,33,39)/t19-/m1/s1. The minimum atomic E-state index is -1.27. The predicted octanol–water partition coefficient (Wildman–Crippen LogP) is 3.87. The van der Waals surface area contributed by atoms with Gasteiger partial charge in [-0.2, -0.15) is 0 Å². The van der Waals surface area contributed by atoms with Gasteiger partial charge in [0.25, 0.3) is 5.91 Å². The summed E-state index contributed by atoms with van der Waals surface area (Å²) in [6.45, 7) is 7.97. The normalized spacial score (nSPS) is 18.5. The molecule has 1 atom stereocenters. The number of nitrogens with zero attached hydrogens (tertiary/aromatic N) is 6. The van der Waals surface area contributed by atoms with Crippen LogP contribution in [0.3, 0.4) is 0 Å². The van der Waals surface area contributed by atoms with E-state index in [1.807, 2.05) is 0 Å². The number of thiophene rings is 1. The van der Waals surface area contributed by atoms with Crippen molar-refractivity contribution in [3.63, 3.8) is 0 Å². The lowest BCUT2D eigenvalue weighted by atomic mass is 10.2. The number of amides is 1. The number of fused-ring (bicyclic) bond motifs is 1. The van der Waals surface area contributed by atoms with Gasteiger partial charge < -0.3 is 15.1 Å². The van der Waals surface area contributed by atoms with Crippen LogP contribution in [0, 0.1) is 0 Å². The Balaban J connectivity index is 1.15. The van der Waals surface area contributed by atoms with Crippen molar-refractivity contribution in [1.82, 2.24) is 24.8 Å². The average Bonchev–Trinajstić information content (AvgIpc) is 3.70. The Morgan fingerprint density at radius 1 is 1.10 bits per heavy atom. The number of thiazole rings is 1. The smallest absolute Gasteiger partial charge is 0.277 e. The third-order valence-electron chi connectivity index (χ3n) is 7.88. The highest BCUT2D eigenvalue weighted by molar-refractivity contribution is 7.22. The van der Waals surface area contributed by atoms with Gasteiger partial charge in [-0.05, 0) is 43.8 Å². The Morgan fingerprint density at radius 2 is 1.93 bits per heavy atom. The van der Waals surface area contributed by atoms with Gasteiger partial charge in [0.1, 0.15) is 11.5 Å². The van der Waals surface area contributed by atoms with Crippen molar-refractivity contribution in [3.05, 3.63) is 53.3 Å². The Morgan fingerprint density at radius 3 is 2.63 bits per heavy atom. The van der Waals surface area contributed by atoms with Crippen LogP contribution in [0.1, 0.15) is 41.6 Å². The number of hydrogen-bond donors (Lipinski definition) is 3. The molecule has 1 amide bonds. The zero-order valence-corrected chi connectivity index (χ0v) is 24.7. The van der Waals surface area contributed by atoms with Crippen molar-refractivity contribution in [1.29, 1.82) is 0 Å². The van der Waals surface area contributed by atoms with Crippen LogP contribution >= 0.6 is 22.7 Å². The molecule has 0 spiro atoms. The number of aliphatic hydroxyl groups is 2. The topological polar surface area (TPSA) is 118 Å². The van der Waals surface area contributed by atoms with Crippen molar-refractivity contribution in [2.45, 2.75) is 45.1 Å². The molecule has 3 aromatic heterocycles. The molecule has 0 bridgehead atoms. The first-order valence-corrected chi connectivity index (χ1v) is 15.8. The molecule has 5 heterocycles. The minimum Gasteiger partial charge on any atom is -0.368 e. The summed E-state index contributed by atoms with van der Waals surface area (Å²) in [5.41, 5.74) is 1.19. The summed E-state index contributed by atoms with van der Waals surface area (Å²) in [6.07, 6.45) is 4.65. The number of likely N-dealkylation sites (tertiary alicyclic amines) is 1. The molecule has 1 aromatic carbocycles. The summed E-state index contributed by atoms with van der Waals surface area (Å²) < 4.78 is 1.22. The second-order valence-electron chi connectivity index (χ2n) is 10.7. The van der Waals surface area contributed by atoms with Crippen molar-refractivity contribution in [2.75, 3.05) is 49.5 Å². The molecule has 2 aliphatic heterocycles. The van der Waals surface area contributed by atoms with Crippen LogP contribution in [0.25, 0.3) is 20.7 Å². The van der Waals surface area contributed by atoms with Crippen molar-refractivity contribution >= 4 is 49.6 Å². The van der Waals surface area contributed by atoms with Gasteiger partial charge in [0, 0.05) is 61.3 Å². The summed E-state index contributed by atoms with van der Waals surface area (Å²) in [4.78, 5) is 36.1. The largest absolute Gasteiger partial charge is 0.368 e. The van der Waals surface area contributed by atoms with E-state index in [1.54, 1.807) is 17.5 Å². The van der Waals surface area contributed by atoms with Crippen LogP contribution < -0.4 is 10.2 Å². The highest BCUT2D eigenvalue weighted by Gasteiger charge is 2.25. The molecule has 10 nitrogen and oxygen atoms in total. The molecule has 0 saturated carbocycles. The first kappa shape index (κ1) is 28.1. The van der Waals surface area contributed by atoms with Gasteiger partial charge in [-0.1, -0.05) is 29.5 Å². The molecule has 41 heavy (non-hydrogen) atoms. The Labute approximate surface area is 247 Å². The lowest BCUT2D eigenvalue weighted by Crippen LogP contribution is -2.47. The second kappa shape index (κ2) is 12.5. The van der Waals surface area contributed by atoms with Crippen molar-refractivity contribution < 1.29 is 15.0 Å². The van der Waals surface area contributed by atoms with E-state index < -0.39 is 6.29 Å². The number of hydrogen-bond acceptors (Lipinski definition) is 11. The first-order valence-electron chi connectivity index (χ1n) is 14.1. The minimum absolute atomic E-state index is 0.248. The quantitative estimate of drug-likeness (QED) is 0.249. The molecule has 0 aliphatic carbocycles. The van der Waals surface area contributed by atoms with Crippen LogP contribution in [0.5, 0.6) is 0 Å². The molecule has 2 aliphatic rings. The molecule has 3 N–H and O–H groups in total. The number of aliphatic hydroxyl groups excluding tert-OH is 1. The van der Waals surface area contributed by atoms with Crippen LogP contribution in [-0.2, 0) is 6.54 Å². The fraction of sp³-hybridized carbons (Fsp3) is 0.448. The highest BCUT2D eigenvalue weighted by atomic mass is 32.1. The maximum absolute atomic E-state index is 13.2. The van der Waals surface area contributed by atoms with Gasteiger partial charge >= 0.3 is 0 Å². The van der Waals surface area contributed by atoms with Gasteiger partial charge in [0.2, 0.25) is 0 Å². The third kappa shape index (κ3) is 6.58. The molecular formula is C29H35N7O3S2. The van der Waals surface area contributed by atoms with Crippen molar-refractivity contribution in [2.24, 2.45) is 0 Å². The molecule has 2 saturated heterocycles. The van der Waals surface area contributed by atoms with Gasteiger partial charge in [0.05, 0.1) is 23.0 Å². The van der Waals surface area contributed by atoms with E-state index in [4.69, 9.17) is 15.2 Å². The van der Waals surface area contributed by atoms with Crippen LogP contribution in [0.4, 0.5) is 10.9 Å². The summed E-state index contributed by atoms with van der Waals surface area (Å²) >= 11 is 3.27. The Kier molecular flexibility index (Phi) is 8.56. The van der Waals surface area contributed by atoms with E-state index >= 15 is 0 Å². The maximum Gasteiger partial charge on any atom is 0.277 e. The second-order valence-corrected chi connectivity index (χ2v) is 12.9. The Bertz CT molecular complexity index is 1450. The van der Waals surface area contributed by atoms with Crippen molar-refractivity contribution in [3.8, 4) is 10.6 Å². The van der Waals surface area contributed by atoms with E-state index in [0.29, 0.717) is 24.1 Å². The predicted molar refractivity (Wildman–Crippen MR) is 164 cm³/mol. The van der Waals surface area contributed by atoms with Crippen LogP contribution in [0.2, 0.25) is 0 Å². The summed E-state index contributed by atoms with van der Waals surface area (Å²) in [6, 6.07) is 11.1. The molecular weight excluding hydrogens is 558 g/mol. The number of nitrogens with one attached hydrogen (secondary N) is 1. The number of carbonyl (C=O) groups is 1. The molecule has 0 unspecified atom stereocenters. The van der Waals surface area contributed by atoms with E-state index in [2.05, 4.69) is 67.2 Å². The average molecular weight is 594 g/mol. The van der Waals surface area contributed by atoms with Gasteiger partial charge in [-0.15, -0.1) is 11.3 Å². The van der Waals surface area contributed by atoms with Crippen LogP contribution in [0.15, 0.2) is 42.7 Å². The monoisotopic (exact) mass is 593 g/mol. The number of piperazine rings is 1. The summed E-state index contributed by atoms with van der Waals surface area (Å²) in [5, 5.41) is 22.9. The van der Waals surface area contributed by atoms with Gasteiger partial charge in [-0.3, -0.25) is 19.9 Å². The van der Waals surface area contributed by atoms with E-state index in [9.17, 15) is 4.79 Å². The zero-order valence-electron chi connectivity index (χ0n) is 23.1. The molecule has 6 rings (SSSR count). The van der Waals surface area contributed by atoms with E-state index in [1.165, 1.54) is 40.5 Å². The zero-order chi connectivity index (χ0) is 28.3. The maximum atomic E-state index is 13.2. The molecule has 2 fully saturated rings. The molecule has 12 heteroatoms. The number of anilines is 2. The number of rotatable bonds is 9. The summed E-state index contributed by atoms with van der Waals surface area (Å²) in [5.74, 6) is 0.404. The number of carbonyl (C=O) groups excluding carboxylic acids is 1. The summed E-state index contributed by atoms with van der Waals surface area (Å²) in [7, 11) is 0. The highest BCUT2D eigenvalue weighted by Crippen LogP contribution is 2.39. The number of aromatic nitrogens is 3. The molecule has 4 aromatic rings. The SMILES string of the molecule is C[C@@H]1CCCN1Cc1sc(NC(=O)c2cnc(N3CCN(CCC(O)O)CC3)cn2)nc1-c1cc2ccccc2s1. The van der Waals surface area contributed by atoms with Gasteiger partial charge in [0.15, 0.2) is 11.4 Å². The van der Waals surface area contributed by atoms with Gasteiger partial charge in [-0.25, -0.2) is 15.0 Å². The number of benzene rings is 1.